The van der Waals surface area contributed by atoms with Gasteiger partial charge in [-0.05, 0) is 41.0 Å². The Balaban J connectivity index is 1.63. The summed E-state index contributed by atoms with van der Waals surface area (Å²) < 4.78 is 56.2. The third kappa shape index (κ3) is 5.81. The Kier molecular flexibility index (Phi) is 9.07. The summed E-state index contributed by atoms with van der Waals surface area (Å²) in [4.78, 5) is 35.6. The summed E-state index contributed by atoms with van der Waals surface area (Å²) in [5.74, 6) is -1.88. The van der Waals surface area contributed by atoms with E-state index in [0.29, 0.717) is 32.8 Å². The lowest BCUT2D eigenvalue weighted by Crippen LogP contribution is -2.50. The number of benzene rings is 3. The van der Waals surface area contributed by atoms with Gasteiger partial charge in [0.15, 0.2) is 6.23 Å². The van der Waals surface area contributed by atoms with Crippen LogP contribution in [0.15, 0.2) is 101 Å². The first-order valence-electron chi connectivity index (χ1n) is 13.3. The van der Waals surface area contributed by atoms with Gasteiger partial charge in [0, 0.05) is 16.8 Å². The molecule has 0 saturated carbocycles. The lowest BCUT2D eigenvalue weighted by molar-refractivity contribution is -0.214. The second-order valence-electron chi connectivity index (χ2n) is 9.83. The number of aliphatic hydroxyl groups is 1. The van der Waals surface area contributed by atoms with E-state index in [-0.39, 0.29) is 0 Å². The summed E-state index contributed by atoms with van der Waals surface area (Å²) in [7, 11) is -0.486. The molecule has 4 aromatic rings. The summed E-state index contributed by atoms with van der Waals surface area (Å²) in [6.45, 7) is -0.609. The van der Waals surface area contributed by atoms with Crippen molar-refractivity contribution in [2.75, 3.05) is 20.8 Å². The molecule has 0 radical (unpaired) electrons. The molecule has 1 aliphatic rings. The van der Waals surface area contributed by atoms with Gasteiger partial charge in [-0.2, -0.15) is 0 Å². The van der Waals surface area contributed by atoms with Gasteiger partial charge >= 0.3 is 13.9 Å². The second kappa shape index (κ2) is 12.8. The molecule has 14 heteroatoms. The Bertz CT molecular complexity index is 1670. The smallest absolute Gasteiger partial charge is 0.497 e. The van der Waals surface area contributed by atoms with Gasteiger partial charge in [-0.1, -0.05) is 59.1 Å². The minimum Gasteiger partial charge on any atom is -0.497 e. The molecule has 5 rings (SSSR count). The number of alkyl halides is 1. The van der Waals surface area contributed by atoms with Crippen molar-refractivity contribution in [1.82, 2.24) is 9.55 Å². The van der Waals surface area contributed by atoms with E-state index in [1.165, 1.54) is 14.2 Å². The molecule has 3 N–H and O–H groups in total. The normalized spacial score (nSPS) is 22.0. The zero-order chi connectivity index (χ0) is 31.5. The van der Waals surface area contributed by atoms with Gasteiger partial charge in [0.2, 0.25) is 6.17 Å². The maximum absolute atomic E-state index is 15.9. The molecule has 0 amide bonds. The SMILES string of the molecule is COc1ccc(C(OC[C@H]2O[C@@H](n3ccc(=O)[nH]c3=O)[C@H](F)[C@]2(O)O[P+](=O)O)(c2ccccc2)c2ccc(OC)cc2)cc1. The van der Waals surface area contributed by atoms with Crippen LogP contribution >= 0.6 is 8.25 Å². The van der Waals surface area contributed by atoms with Crippen LogP contribution in [-0.2, 0) is 24.2 Å². The Labute approximate surface area is 251 Å². The lowest BCUT2D eigenvalue weighted by Gasteiger charge is -2.37. The highest BCUT2D eigenvalue weighted by Gasteiger charge is 2.64. The number of nitrogens with one attached hydrogen (secondary N) is 1. The third-order valence-electron chi connectivity index (χ3n) is 7.38. The van der Waals surface area contributed by atoms with E-state index in [0.717, 1.165) is 12.3 Å². The fraction of sp³-hybridized carbons (Fsp3) is 0.267. The van der Waals surface area contributed by atoms with Gasteiger partial charge in [-0.3, -0.25) is 14.3 Å². The van der Waals surface area contributed by atoms with Crippen LogP contribution in [0.5, 0.6) is 11.5 Å². The number of aromatic nitrogens is 2. The molecule has 0 bridgehead atoms. The zero-order valence-corrected chi connectivity index (χ0v) is 24.4. The van der Waals surface area contributed by atoms with Gasteiger partial charge in [-0.15, -0.1) is 4.89 Å². The monoisotopic (exact) mass is 627 g/mol. The summed E-state index contributed by atoms with van der Waals surface area (Å²) in [6, 6.07) is 24.1. The van der Waals surface area contributed by atoms with E-state index in [1.807, 2.05) is 23.2 Å². The van der Waals surface area contributed by atoms with Gasteiger partial charge in [0.1, 0.15) is 23.2 Å². The van der Waals surface area contributed by atoms with Crippen molar-refractivity contribution in [3.8, 4) is 11.5 Å². The fourth-order valence-corrected chi connectivity index (χ4v) is 5.69. The first-order valence-corrected chi connectivity index (χ1v) is 14.4. The third-order valence-corrected chi connectivity index (χ3v) is 7.83. The van der Waals surface area contributed by atoms with Crippen molar-refractivity contribution in [2.24, 2.45) is 0 Å². The molecular weight excluding hydrogens is 598 g/mol. The van der Waals surface area contributed by atoms with Crippen molar-refractivity contribution in [3.05, 3.63) is 129 Å². The zero-order valence-electron chi connectivity index (χ0n) is 23.5. The van der Waals surface area contributed by atoms with Gasteiger partial charge in [0.25, 0.3) is 11.3 Å². The number of ether oxygens (including phenoxy) is 4. The summed E-state index contributed by atoms with van der Waals surface area (Å²) >= 11 is 0. The van der Waals surface area contributed by atoms with Crippen LogP contribution in [0.1, 0.15) is 22.9 Å². The number of hydrogen-bond acceptors (Lipinski definition) is 9. The molecule has 12 nitrogen and oxygen atoms in total. The van der Waals surface area contributed by atoms with E-state index >= 15 is 4.39 Å². The molecule has 1 aromatic heterocycles. The Hall–Kier alpha value is -4.23. The van der Waals surface area contributed by atoms with Crippen LogP contribution in [0.4, 0.5) is 4.39 Å². The van der Waals surface area contributed by atoms with Crippen molar-refractivity contribution in [3.63, 3.8) is 0 Å². The number of rotatable bonds is 11. The van der Waals surface area contributed by atoms with Gasteiger partial charge in [0.05, 0.1) is 20.8 Å². The number of nitrogens with zero attached hydrogens (tertiary/aromatic N) is 1. The molecule has 1 fully saturated rings. The average molecular weight is 628 g/mol. The van der Waals surface area contributed by atoms with E-state index in [9.17, 15) is 24.2 Å². The molecule has 2 heterocycles. The summed E-state index contributed by atoms with van der Waals surface area (Å²) in [6.07, 6.45) is -5.17. The molecule has 3 aromatic carbocycles. The summed E-state index contributed by atoms with van der Waals surface area (Å²) in [5.41, 5.74) is -1.35. The molecule has 1 unspecified atom stereocenters. The maximum atomic E-state index is 15.9. The van der Waals surface area contributed by atoms with Crippen LogP contribution in [0.2, 0.25) is 0 Å². The van der Waals surface area contributed by atoms with E-state index in [4.69, 9.17) is 23.5 Å². The van der Waals surface area contributed by atoms with Crippen LogP contribution in [0, 0.1) is 0 Å². The van der Waals surface area contributed by atoms with Crippen LogP contribution in [-0.4, -0.2) is 58.4 Å². The Morgan fingerprint density at radius 3 is 1.98 bits per heavy atom. The number of methoxy groups -OCH3 is 2. The fourth-order valence-electron chi connectivity index (χ4n) is 5.22. The van der Waals surface area contributed by atoms with Crippen molar-refractivity contribution < 1.29 is 42.4 Å². The van der Waals surface area contributed by atoms with Crippen molar-refractivity contribution in [2.45, 2.75) is 29.9 Å². The van der Waals surface area contributed by atoms with Crippen LogP contribution in [0.3, 0.4) is 0 Å². The van der Waals surface area contributed by atoms with E-state index < -0.39 is 56.0 Å². The highest BCUT2D eigenvalue weighted by atomic mass is 31.1. The minimum atomic E-state index is -3.54. The maximum Gasteiger partial charge on any atom is 0.697 e. The molecule has 44 heavy (non-hydrogen) atoms. The first kappa shape index (κ1) is 31.2. The molecular formula is C30H29FN2O10P+. The topological polar surface area (TPSA) is 159 Å². The van der Waals surface area contributed by atoms with Crippen molar-refractivity contribution in [1.29, 1.82) is 0 Å². The van der Waals surface area contributed by atoms with Crippen LogP contribution in [0.25, 0.3) is 0 Å². The quantitative estimate of drug-likeness (QED) is 0.128. The number of halogens is 1. The average Bonchev–Trinajstić information content (AvgIpc) is 3.26. The Morgan fingerprint density at radius 1 is 0.932 bits per heavy atom. The van der Waals surface area contributed by atoms with E-state index in [2.05, 4.69) is 0 Å². The predicted octanol–water partition coefficient (Wildman–Crippen LogP) is 3.15. The first-order chi connectivity index (χ1) is 21.1. The highest BCUT2D eigenvalue weighted by molar-refractivity contribution is 7.32. The molecule has 1 saturated heterocycles. The lowest BCUT2D eigenvalue weighted by atomic mass is 9.80. The highest BCUT2D eigenvalue weighted by Crippen LogP contribution is 2.47. The predicted molar refractivity (Wildman–Crippen MR) is 154 cm³/mol. The van der Waals surface area contributed by atoms with Crippen LogP contribution < -0.4 is 20.7 Å². The van der Waals surface area contributed by atoms with E-state index in [1.54, 1.807) is 60.7 Å². The molecule has 0 aliphatic carbocycles. The van der Waals surface area contributed by atoms with Crippen molar-refractivity contribution >= 4 is 8.25 Å². The summed E-state index contributed by atoms with van der Waals surface area (Å²) in [5, 5.41) is 11.3. The number of H-pyrrole nitrogens is 1. The molecule has 230 valence electrons. The van der Waals surface area contributed by atoms with Gasteiger partial charge in [-0.25, -0.2) is 9.18 Å². The molecule has 1 aliphatic heterocycles. The number of aromatic amines is 1. The molecule has 0 spiro atoms. The number of hydrogen-bond donors (Lipinski definition) is 3. The largest absolute Gasteiger partial charge is 0.697 e. The minimum absolute atomic E-state index is 0.577. The van der Waals surface area contributed by atoms with Gasteiger partial charge < -0.3 is 24.1 Å². The standard InChI is InChI=1S/C30H28FN2O10P/c1-39-22-12-8-20(9-13-22)29(19-6-4-3-5-7-19,21-10-14-23(40-2)15-11-21)41-18-24-30(36,43-44(37)38)26(31)27(42-24)33-17-16-25(34)32-28(33)35/h3-17,24,26-27,36H,18H2,1-2H3,(H-,32,34,35,37,38)/p+1/t24-,26+,27-,30-/m1/s1. The Morgan fingerprint density at radius 2 is 1.48 bits per heavy atom. The molecule has 5 atom stereocenters. The second-order valence-corrected chi connectivity index (χ2v) is 10.5.